The minimum Gasteiger partial charge on any atom is -0.355 e. The van der Waals surface area contributed by atoms with E-state index >= 15 is 0 Å². The molecule has 0 fully saturated rings. The van der Waals surface area contributed by atoms with Crippen LogP contribution in [0, 0.1) is 5.92 Å². The normalized spacial score (nSPS) is 20.8. The number of anilines is 2. The lowest BCUT2D eigenvalue weighted by atomic mass is 9.62. The van der Waals surface area contributed by atoms with Gasteiger partial charge in [0.25, 0.3) is 0 Å². The van der Waals surface area contributed by atoms with Crippen molar-refractivity contribution in [3.63, 3.8) is 0 Å². The molecule has 3 unspecified atom stereocenters. The lowest BCUT2D eigenvalue weighted by molar-refractivity contribution is 0.453. The fraction of sp³-hybridized carbons (Fsp3) is 0.143. The zero-order chi connectivity index (χ0) is 39.4. The largest absolute Gasteiger partial charge is 0.355 e. The molecule has 0 heterocycles. The van der Waals surface area contributed by atoms with E-state index in [1.54, 1.807) is 6.08 Å². The van der Waals surface area contributed by atoms with Gasteiger partial charge in [0.2, 0.25) is 0 Å². The van der Waals surface area contributed by atoms with Crippen LogP contribution in [-0.4, -0.2) is 0 Å². The van der Waals surface area contributed by atoms with E-state index in [-0.39, 0.29) is 22.7 Å². The van der Waals surface area contributed by atoms with Crippen molar-refractivity contribution in [2.24, 2.45) is 5.92 Å². The van der Waals surface area contributed by atoms with Gasteiger partial charge in [0.05, 0.1) is 5.41 Å². The highest BCUT2D eigenvalue weighted by Crippen LogP contribution is 2.62. The average Bonchev–Trinajstić information content (AvgIpc) is 3.70. The minimum atomic E-state index is -0.298. The molecule has 58 heavy (non-hydrogen) atoms. The van der Waals surface area contributed by atoms with E-state index in [2.05, 4.69) is 202 Å². The molecule has 0 radical (unpaired) electrons. The Hall–Kier alpha value is -6.09. The summed E-state index contributed by atoms with van der Waals surface area (Å²) in [6.07, 6.45) is 22.6. The monoisotopic (exact) mass is 765 g/mol. The minimum absolute atomic E-state index is 0.0861. The predicted octanol–water partition coefficient (Wildman–Crippen LogP) is 14.9. The van der Waals surface area contributed by atoms with Crippen molar-refractivity contribution >= 4 is 28.9 Å². The third kappa shape index (κ3) is 5.69. The van der Waals surface area contributed by atoms with Crippen LogP contribution in [0.25, 0.3) is 38.3 Å². The van der Waals surface area contributed by atoms with Crippen LogP contribution >= 0.6 is 12.6 Å². The number of para-hydroxylation sites is 1. The molecule has 3 atom stereocenters. The molecule has 2 heteroatoms. The number of fused-ring (bicyclic) bond motifs is 6. The summed E-state index contributed by atoms with van der Waals surface area (Å²) in [5.41, 5.74) is 18.5. The van der Waals surface area contributed by atoms with Gasteiger partial charge in [-0.2, -0.15) is 0 Å². The van der Waals surface area contributed by atoms with E-state index in [0.29, 0.717) is 0 Å². The molecule has 6 aromatic carbocycles. The van der Waals surface area contributed by atoms with Crippen LogP contribution < -0.4 is 5.32 Å². The highest BCUT2D eigenvalue weighted by atomic mass is 32.1. The summed E-state index contributed by atoms with van der Waals surface area (Å²) in [4.78, 5) is 0.870. The summed E-state index contributed by atoms with van der Waals surface area (Å²) in [5, 5.41) is 3.94. The molecule has 282 valence electrons. The molecule has 0 spiro atoms. The lowest BCUT2D eigenvalue weighted by Gasteiger charge is -2.40. The van der Waals surface area contributed by atoms with Crippen LogP contribution in [0.5, 0.6) is 0 Å². The first kappa shape index (κ1) is 36.3. The molecule has 6 aromatic rings. The van der Waals surface area contributed by atoms with Crippen LogP contribution in [0.1, 0.15) is 66.0 Å². The van der Waals surface area contributed by atoms with Crippen molar-refractivity contribution in [2.45, 2.75) is 43.4 Å². The third-order valence-electron chi connectivity index (χ3n) is 13.1. The number of benzene rings is 6. The van der Waals surface area contributed by atoms with Gasteiger partial charge in [-0.25, -0.2) is 0 Å². The maximum absolute atomic E-state index is 4.96. The quantitative estimate of drug-likeness (QED) is 0.116. The fourth-order valence-corrected chi connectivity index (χ4v) is 10.8. The molecular weight excluding hydrogens is 719 g/mol. The first-order valence-electron chi connectivity index (χ1n) is 20.6. The second-order valence-corrected chi connectivity index (χ2v) is 17.1. The Labute approximate surface area is 349 Å². The topological polar surface area (TPSA) is 12.0 Å². The molecule has 0 saturated heterocycles. The SMILES string of the molecule is C=C/C=C(\S)c1cc(Nc2ccccc2-c2cccc3c2C2C=CC=CC2C3(C2=CCCC=C2)c2ccccc2)cc(-c2ccc3c(c2)C(C)(C)c2ccccc2-3)c1. The van der Waals surface area contributed by atoms with E-state index in [0.717, 1.165) is 40.2 Å². The Balaban J connectivity index is 1.11. The first-order valence-corrected chi connectivity index (χ1v) is 21.0. The molecule has 0 aromatic heterocycles. The zero-order valence-electron chi connectivity index (χ0n) is 33.1. The number of rotatable bonds is 8. The van der Waals surface area contributed by atoms with Crippen molar-refractivity contribution in [2.75, 3.05) is 5.32 Å². The zero-order valence-corrected chi connectivity index (χ0v) is 34.0. The van der Waals surface area contributed by atoms with Crippen molar-refractivity contribution in [1.29, 1.82) is 0 Å². The Kier molecular flexibility index (Phi) is 8.99. The number of hydrogen-bond acceptors (Lipinski definition) is 2. The lowest BCUT2D eigenvalue weighted by Crippen LogP contribution is -2.35. The molecular formula is C56H47NS. The second-order valence-electron chi connectivity index (χ2n) is 16.6. The molecule has 0 bridgehead atoms. The Morgan fingerprint density at radius 3 is 2.26 bits per heavy atom. The van der Waals surface area contributed by atoms with Gasteiger partial charge in [0.1, 0.15) is 0 Å². The van der Waals surface area contributed by atoms with Gasteiger partial charge in [0, 0.05) is 39.1 Å². The van der Waals surface area contributed by atoms with Gasteiger partial charge in [-0.05, 0) is 116 Å². The maximum Gasteiger partial charge on any atom is 0.0522 e. The van der Waals surface area contributed by atoms with Crippen molar-refractivity contribution in [3.05, 3.63) is 234 Å². The number of allylic oxidation sites excluding steroid dienone is 10. The second kappa shape index (κ2) is 14.4. The number of nitrogens with one attached hydrogen (secondary N) is 1. The summed E-state index contributed by atoms with van der Waals surface area (Å²) in [6, 6.07) is 49.6. The van der Waals surface area contributed by atoms with Crippen LogP contribution in [0.4, 0.5) is 11.4 Å². The van der Waals surface area contributed by atoms with E-state index in [4.69, 9.17) is 12.6 Å². The highest BCUT2D eigenvalue weighted by molar-refractivity contribution is 7.90. The predicted molar refractivity (Wildman–Crippen MR) is 250 cm³/mol. The summed E-state index contributed by atoms with van der Waals surface area (Å²) < 4.78 is 0. The van der Waals surface area contributed by atoms with Crippen LogP contribution in [0.2, 0.25) is 0 Å². The van der Waals surface area contributed by atoms with E-state index in [1.165, 1.54) is 61.2 Å². The molecule has 4 aliphatic rings. The van der Waals surface area contributed by atoms with Gasteiger partial charge in [-0.1, -0.05) is 172 Å². The van der Waals surface area contributed by atoms with Crippen LogP contribution in [-0.2, 0) is 10.8 Å². The summed E-state index contributed by atoms with van der Waals surface area (Å²) in [7, 11) is 0. The van der Waals surface area contributed by atoms with E-state index in [9.17, 15) is 0 Å². The molecule has 0 amide bonds. The van der Waals surface area contributed by atoms with Crippen LogP contribution in [0.3, 0.4) is 0 Å². The van der Waals surface area contributed by atoms with Gasteiger partial charge in [-0.15, -0.1) is 12.6 Å². The van der Waals surface area contributed by atoms with Crippen molar-refractivity contribution in [1.82, 2.24) is 0 Å². The Morgan fingerprint density at radius 2 is 1.43 bits per heavy atom. The molecule has 0 saturated carbocycles. The molecule has 1 N–H and O–H groups in total. The van der Waals surface area contributed by atoms with Gasteiger partial charge >= 0.3 is 0 Å². The van der Waals surface area contributed by atoms with Gasteiger partial charge in [-0.3, -0.25) is 0 Å². The van der Waals surface area contributed by atoms with Crippen molar-refractivity contribution < 1.29 is 0 Å². The average molecular weight is 766 g/mol. The Bertz CT molecular complexity index is 2770. The number of thiol groups is 1. The van der Waals surface area contributed by atoms with E-state index < -0.39 is 0 Å². The molecule has 1 nitrogen and oxygen atoms in total. The third-order valence-corrected chi connectivity index (χ3v) is 13.5. The maximum atomic E-state index is 4.96. The smallest absolute Gasteiger partial charge is 0.0522 e. The van der Waals surface area contributed by atoms with Gasteiger partial charge < -0.3 is 5.32 Å². The van der Waals surface area contributed by atoms with Gasteiger partial charge in [0.15, 0.2) is 0 Å². The van der Waals surface area contributed by atoms with Crippen LogP contribution in [0.15, 0.2) is 200 Å². The number of hydrogen-bond donors (Lipinski definition) is 2. The summed E-state index contributed by atoms with van der Waals surface area (Å²) in [6.45, 7) is 8.66. The fourth-order valence-electron chi connectivity index (χ4n) is 10.5. The summed E-state index contributed by atoms with van der Waals surface area (Å²) in [5.74, 6) is 0.474. The molecule has 10 rings (SSSR count). The summed E-state index contributed by atoms with van der Waals surface area (Å²) >= 11 is 4.96. The van der Waals surface area contributed by atoms with E-state index in [1.807, 2.05) is 6.08 Å². The Morgan fingerprint density at radius 1 is 0.690 bits per heavy atom. The first-order chi connectivity index (χ1) is 28.4. The molecule has 0 aliphatic heterocycles. The molecule has 4 aliphatic carbocycles. The standard InChI is InChI=1S/C56H47NS/c1-4-18-53(58)39-33-38(37-31-32-44-43-23-11-14-27-48(43)55(2,3)51(44)36-37)34-42(35-39)57-52-30-16-13-24-45(52)46-26-17-29-50-54(46)47-25-12-15-28-49(47)56(50,40-19-7-5-8-20-40)41-21-9-6-10-22-41/h4-5,7-9,11-36,47,49,57-58H,1,6,10H2,2-3H3/b53-18-. The van der Waals surface area contributed by atoms with Crippen molar-refractivity contribution in [3.8, 4) is 33.4 Å². The highest BCUT2D eigenvalue weighted by Gasteiger charge is 2.54.